The van der Waals surface area contributed by atoms with Crippen molar-refractivity contribution < 1.29 is 9.84 Å². The van der Waals surface area contributed by atoms with Gasteiger partial charge in [0.25, 0.3) is 0 Å². The average molecular weight is 440 g/mol. The van der Waals surface area contributed by atoms with E-state index in [2.05, 4.69) is 46.5 Å². The van der Waals surface area contributed by atoms with Crippen LogP contribution < -0.4 is 4.74 Å². The Hall–Kier alpha value is -3.77. The Labute approximate surface area is 190 Å². The van der Waals surface area contributed by atoms with Crippen molar-refractivity contribution in [1.82, 2.24) is 14.6 Å². The van der Waals surface area contributed by atoms with Crippen LogP contribution in [0.5, 0.6) is 11.6 Å². The van der Waals surface area contributed by atoms with Gasteiger partial charge in [-0.3, -0.25) is 0 Å². The highest BCUT2D eigenvalue weighted by atomic mass is 32.2. The number of benzene rings is 3. The highest BCUT2D eigenvalue weighted by molar-refractivity contribution is 7.99. The molecule has 0 bridgehead atoms. The minimum Gasteiger partial charge on any atom is -0.497 e. The summed E-state index contributed by atoms with van der Waals surface area (Å²) in [5, 5.41) is 15.2. The zero-order valence-corrected chi connectivity index (χ0v) is 18.3. The number of hydrogen-bond donors (Lipinski definition) is 1. The smallest absolute Gasteiger partial charge is 0.219 e. The van der Waals surface area contributed by atoms with Crippen molar-refractivity contribution in [1.29, 1.82) is 0 Å². The van der Waals surface area contributed by atoms with Crippen molar-refractivity contribution >= 4 is 17.4 Å². The Morgan fingerprint density at radius 2 is 1.69 bits per heavy atom. The van der Waals surface area contributed by atoms with Gasteiger partial charge in [0.05, 0.1) is 13.3 Å². The van der Waals surface area contributed by atoms with Gasteiger partial charge in [0.1, 0.15) is 5.75 Å². The first-order valence-electron chi connectivity index (χ1n) is 10.2. The number of methoxy groups -OCH3 is 1. The summed E-state index contributed by atoms with van der Waals surface area (Å²) in [6.45, 7) is 0. The molecule has 0 aliphatic heterocycles. The summed E-state index contributed by atoms with van der Waals surface area (Å²) in [5.74, 6) is 0.881. The lowest BCUT2D eigenvalue weighted by Gasteiger charge is -2.08. The highest BCUT2D eigenvalue weighted by Crippen LogP contribution is 2.32. The first kappa shape index (κ1) is 20.2. The van der Waals surface area contributed by atoms with E-state index in [0.29, 0.717) is 17.6 Å². The minimum atomic E-state index is 0.0975. The maximum atomic E-state index is 10.8. The predicted octanol–water partition coefficient (Wildman–Crippen LogP) is 5.85. The number of aromatic nitrogens is 3. The number of fused-ring (bicyclic) bond motifs is 1. The van der Waals surface area contributed by atoms with Gasteiger partial charge in [0, 0.05) is 33.5 Å². The van der Waals surface area contributed by atoms with E-state index in [4.69, 9.17) is 4.74 Å². The molecule has 5 nitrogen and oxygen atoms in total. The number of ether oxygens (including phenoxy) is 1. The summed E-state index contributed by atoms with van der Waals surface area (Å²) < 4.78 is 6.79. The van der Waals surface area contributed by atoms with E-state index < -0.39 is 0 Å². The summed E-state index contributed by atoms with van der Waals surface area (Å²) >= 11 is 1.72. The molecule has 32 heavy (non-hydrogen) atoms. The second kappa shape index (κ2) is 8.77. The Morgan fingerprint density at radius 1 is 0.906 bits per heavy atom. The van der Waals surface area contributed by atoms with Crippen LogP contribution in [0.4, 0.5) is 0 Å². The number of aromatic hydroxyl groups is 1. The van der Waals surface area contributed by atoms with Crippen LogP contribution in [0.1, 0.15) is 11.1 Å². The molecule has 3 aromatic carbocycles. The third kappa shape index (κ3) is 4.05. The van der Waals surface area contributed by atoms with Crippen LogP contribution in [0.25, 0.3) is 16.8 Å². The molecule has 5 rings (SSSR count). The van der Waals surface area contributed by atoms with Crippen LogP contribution >= 0.6 is 11.8 Å². The van der Waals surface area contributed by atoms with Crippen molar-refractivity contribution in [3.63, 3.8) is 0 Å². The van der Waals surface area contributed by atoms with Gasteiger partial charge in [0.15, 0.2) is 5.65 Å². The van der Waals surface area contributed by atoms with Gasteiger partial charge in [-0.1, -0.05) is 54.2 Å². The van der Waals surface area contributed by atoms with Crippen molar-refractivity contribution in [2.45, 2.75) is 16.2 Å². The number of hydrogen-bond acceptors (Lipinski definition) is 5. The Morgan fingerprint density at radius 3 is 2.47 bits per heavy atom. The Bertz CT molecular complexity index is 1370. The van der Waals surface area contributed by atoms with Crippen LogP contribution in [0.3, 0.4) is 0 Å². The van der Waals surface area contributed by atoms with Gasteiger partial charge >= 0.3 is 0 Å². The number of rotatable bonds is 6. The van der Waals surface area contributed by atoms with Gasteiger partial charge in [-0.2, -0.15) is 9.61 Å². The van der Waals surface area contributed by atoms with E-state index in [1.54, 1.807) is 31.3 Å². The molecule has 0 spiro atoms. The molecule has 6 heteroatoms. The average Bonchev–Trinajstić information content (AvgIpc) is 3.27. The van der Waals surface area contributed by atoms with Gasteiger partial charge in [0.2, 0.25) is 5.88 Å². The molecule has 0 radical (unpaired) electrons. The van der Waals surface area contributed by atoms with Gasteiger partial charge in [-0.15, -0.1) is 0 Å². The Kier molecular flexibility index (Phi) is 5.52. The molecule has 0 aliphatic rings. The first-order chi connectivity index (χ1) is 15.7. The molecule has 0 unspecified atom stereocenters. The van der Waals surface area contributed by atoms with Crippen LogP contribution in [-0.2, 0) is 6.42 Å². The topological polar surface area (TPSA) is 59.7 Å². The molecule has 2 heterocycles. The third-order valence-electron chi connectivity index (χ3n) is 5.25. The molecule has 0 aliphatic carbocycles. The van der Waals surface area contributed by atoms with E-state index in [1.807, 2.05) is 42.5 Å². The lowest BCUT2D eigenvalue weighted by Crippen LogP contribution is -1.98. The van der Waals surface area contributed by atoms with Gasteiger partial charge < -0.3 is 9.84 Å². The second-order valence-electron chi connectivity index (χ2n) is 7.37. The van der Waals surface area contributed by atoms with Gasteiger partial charge in [-0.05, 0) is 47.5 Å². The van der Waals surface area contributed by atoms with E-state index >= 15 is 0 Å². The van der Waals surface area contributed by atoms with Crippen molar-refractivity contribution in [2.24, 2.45) is 0 Å². The van der Waals surface area contributed by atoms with E-state index in [-0.39, 0.29) is 5.88 Å². The summed E-state index contributed by atoms with van der Waals surface area (Å²) in [6.07, 6.45) is 4.00. The summed E-state index contributed by atoms with van der Waals surface area (Å²) in [7, 11) is 1.64. The van der Waals surface area contributed by atoms with E-state index in [9.17, 15) is 5.11 Å². The Balaban J connectivity index is 1.41. The molecule has 1 N–H and O–H groups in total. The SMILES string of the molecule is COc1cccc(Cc2cnc3c(-c4ccc(Sc5ccccc5)cc4)cnn3c2O)c1. The van der Waals surface area contributed by atoms with Crippen molar-refractivity contribution in [2.75, 3.05) is 7.11 Å². The molecular formula is C26H21N3O2S. The molecule has 0 atom stereocenters. The lowest BCUT2D eigenvalue weighted by atomic mass is 10.1. The fourth-order valence-corrected chi connectivity index (χ4v) is 4.45. The first-order valence-corrected chi connectivity index (χ1v) is 11.0. The van der Waals surface area contributed by atoms with Crippen LogP contribution in [0.15, 0.2) is 101 Å². The normalized spacial score (nSPS) is 11.0. The fourth-order valence-electron chi connectivity index (χ4n) is 3.61. The van der Waals surface area contributed by atoms with Crippen molar-refractivity contribution in [3.8, 4) is 22.8 Å². The predicted molar refractivity (Wildman–Crippen MR) is 126 cm³/mol. The monoisotopic (exact) mass is 439 g/mol. The quantitative estimate of drug-likeness (QED) is 0.359. The largest absolute Gasteiger partial charge is 0.497 e. The maximum Gasteiger partial charge on any atom is 0.219 e. The molecule has 0 fully saturated rings. The second-order valence-corrected chi connectivity index (χ2v) is 8.52. The molecular weight excluding hydrogens is 418 g/mol. The zero-order valence-electron chi connectivity index (χ0n) is 17.5. The van der Waals surface area contributed by atoms with Crippen LogP contribution in [0, 0.1) is 0 Å². The highest BCUT2D eigenvalue weighted by Gasteiger charge is 2.14. The van der Waals surface area contributed by atoms with Crippen LogP contribution in [0.2, 0.25) is 0 Å². The third-order valence-corrected chi connectivity index (χ3v) is 6.26. The molecule has 0 saturated carbocycles. The summed E-state index contributed by atoms with van der Waals surface area (Å²) in [5.41, 5.74) is 4.24. The molecule has 5 aromatic rings. The molecule has 2 aromatic heterocycles. The fraction of sp³-hybridized carbons (Fsp3) is 0.0769. The minimum absolute atomic E-state index is 0.0975. The zero-order chi connectivity index (χ0) is 21.9. The van der Waals surface area contributed by atoms with E-state index in [1.165, 1.54) is 9.41 Å². The summed E-state index contributed by atoms with van der Waals surface area (Å²) in [4.78, 5) is 6.97. The van der Waals surface area contributed by atoms with Gasteiger partial charge in [-0.25, -0.2) is 4.98 Å². The van der Waals surface area contributed by atoms with E-state index in [0.717, 1.165) is 27.3 Å². The molecule has 0 amide bonds. The number of nitrogens with zero attached hydrogens (tertiary/aromatic N) is 3. The summed E-state index contributed by atoms with van der Waals surface area (Å²) in [6, 6.07) is 26.4. The molecule has 158 valence electrons. The van der Waals surface area contributed by atoms with Crippen LogP contribution in [-0.4, -0.2) is 26.8 Å². The molecule has 0 saturated heterocycles. The maximum absolute atomic E-state index is 10.8. The van der Waals surface area contributed by atoms with Crippen molar-refractivity contribution in [3.05, 3.63) is 102 Å². The lowest BCUT2D eigenvalue weighted by molar-refractivity contribution is 0.414. The standard InChI is InChI=1S/C26H21N3O2S/c1-31-21-7-5-6-18(15-21)14-20-16-27-25-24(17-28-29(25)26(20)30)19-10-12-23(13-11-19)32-22-8-3-2-4-9-22/h2-13,15-17,30H,14H2,1H3.